The fourth-order valence-corrected chi connectivity index (χ4v) is 5.66. The summed E-state index contributed by atoms with van der Waals surface area (Å²) >= 11 is 0. The van der Waals surface area contributed by atoms with Gasteiger partial charge in [-0.25, -0.2) is 9.49 Å². The molecular formula is C29H32FN5O2. The molecule has 2 aromatic carbocycles. The van der Waals surface area contributed by atoms with Crippen LogP contribution in [0.15, 0.2) is 59.7 Å². The summed E-state index contributed by atoms with van der Waals surface area (Å²) in [6.07, 6.45) is 6.00. The lowest BCUT2D eigenvalue weighted by molar-refractivity contribution is 0.0677. The summed E-state index contributed by atoms with van der Waals surface area (Å²) in [6.45, 7) is 8.36. The molecule has 1 aliphatic rings. The molecule has 5 rings (SSSR count). The van der Waals surface area contributed by atoms with Crippen molar-refractivity contribution in [1.82, 2.24) is 25.3 Å². The zero-order chi connectivity index (χ0) is 26.3. The number of aromatic nitrogens is 4. The number of benzene rings is 2. The Kier molecular flexibility index (Phi) is 6.43. The van der Waals surface area contributed by atoms with Crippen LogP contribution in [0.5, 0.6) is 0 Å². The second kappa shape index (κ2) is 9.57. The highest BCUT2D eigenvalue weighted by Crippen LogP contribution is 2.47. The van der Waals surface area contributed by atoms with Gasteiger partial charge in [0.15, 0.2) is 0 Å². The quantitative estimate of drug-likeness (QED) is 0.345. The average molecular weight is 502 g/mol. The number of H-pyrrole nitrogens is 1. The Hall–Kier alpha value is -3.81. The number of hydrogen-bond donors (Lipinski definition) is 2. The van der Waals surface area contributed by atoms with E-state index in [1.165, 1.54) is 6.07 Å². The van der Waals surface area contributed by atoms with Crippen LogP contribution in [0, 0.1) is 11.2 Å². The Morgan fingerprint density at radius 3 is 2.59 bits per heavy atom. The van der Waals surface area contributed by atoms with Gasteiger partial charge in [-0.2, -0.15) is 10.2 Å². The lowest BCUT2D eigenvalue weighted by Gasteiger charge is -2.47. The van der Waals surface area contributed by atoms with Crippen molar-refractivity contribution in [3.8, 4) is 11.1 Å². The van der Waals surface area contributed by atoms with E-state index in [-0.39, 0.29) is 34.9 Å². The van der Waals surface area contributed by atoms with Gasteiger partial charge >= 0.3 is 0 Å². The van der Waals surface area contributed by atoms with Crippen molar-refractivity contribution in [2.75, 3.05) is 0 Å². The first kappa shape index (κ1) is 24.9. The molecule has 2 aromatic heterocycles. The van der Waals surface area contributed by atoms with Crippen molar-refractivity contribution in [1.29, 1.82) is 0 Å². The number of amides is 1. The first-order chi connectivity index (χ1) is 17.6. The van der Waals surface area contributed by atoms with E-state index < -0.39 is 5.82 Å². The minimum absolute atomic E-state index is 0.0389. The minimum atomic E-state index is -0.441. The number of nitrogens with one attached hydrogen (secondary N) is 2. The van der Waals surface area contributed by atoms with Crippen molar-refractivity contribution in [2.24, 2.45) is 5.41 Å². The van der Waals surface area contributed by atoms with Crippen molar-refractivity contribution >= 4 is 16.7 Å². The van der Waals surface area contributed by atoms with Gasteiger partial charge in [-0.3, -0.25) is 14.3 Å². The van der Waals surface area contributed by atoms with Crippen LogP contribution in [0.4, 0.5) is 4.39 Å². The number of fused-ring (bicyclic) bond motifs is 1. The topological polar surface area (TPSA) is 92.7 Å². The lowest BCUT2D eigenvalue weighted by atomic mass is 9.62. The number of nitrogens with zero attached hydrogens (tertiary/aromatic N) is 3. The molecule has 0 unspecified atom stereocenters. The molecule has 0 spiro atoms. The molecule has 1 fully saturated rings. The Morgan fingerprint density at radius 1 is 1.19 bits per heavy atom. The zero-order valence-corrected chi connectivity index (χ0v) is 21.6. The summed E-state index contributed by atoms with van der Waals surface area (Å²) in [5, 5.41) is 15.8. The fraction of sp³-hybridized carbons (Fsp3) is 0.379. The van der Waals surface area contributed by atoms with Gasteiger partial charge in [0.1, 0.15) is 5.82 Å². The predicted molar refractivity (Wildman–Crippen MR) is 142 cm³/mol. The molecule has 1 amide bonds. The van der Waals surface area contributed by atoms with Crippen LogP contribution >= 0.6 is 0 Å². The van der Waals surface area contributed by atoms with Crippen LogP contribution in [0.3, 0.4) is 0 Å². The van der Waals surface area contributed by atoms with Crippen LogP contribution < -0.4 is 10.9 Å². The Labute approximate surface area is 215 Å². The van der Waals surface area contributed by atoms with Gasteiger partial charge in [0.2, 0.25) is 0 Å². The van der Waals surface area contributed by atoms with Gasteiger partial charge in [0.05, 0.1) is 17.3 Å². The summed E-state index contributed by atoms with van der Waals surface area (Å²) in [4.78, 5) is 25.0. The maximum absolute atomic E-state index is 14.9. The highest BCUT2D eigenvalue weighted by molar-refractivity contribution is 5.95. The number of aromatic amines is 1. The number of carbonyl (C=O) groups excluding carboxylic acids is 1. The number of carbonyl (C=O) groups is 1. The fourth-order valence-electron chi connectivity index (χ4n) is 5.66. The molecule has 37 heavy (non-hydrogen) atoms. The molecule has 4 aromatic rings. The third-order valence-electron chi connectivity index (χ3n) is 7.48. The third kappa shape index (κ3) is 4.92. The van der Waals surface area contributed by atoms with E-state index in [1.54, 1.807) is 23.0 Å². The summed E-state index contributed by atoms with van der Waals surface area (Å²) in [7, 11) is 0. The number of halogens is 1. The van der Waals surface area contributed by atoms with Gasteiger partial charge in [-0.05, 0) is 56.7 Å². The van der Waals surface area contributed by atoms with E-state index >= 15 is 0 Å². The summed E-state index contributed by atoms with van der Waals surface area (Å²) < 4.78 is 16.6. The first-order valence-electron chi connectivity index (χ1n) is 12.8. The smallest absolute Gasteiger partial charge is 0.272 e. The van der Waals surface area contributed by atoms with Crippen LogP contribution in [-0.4, -0.2) is 31.9 Å². The zero-order valence-electron chi connectivity index (χ0n) is 21.6. The van der Waals surface area contributed by atoms with Crippen molar-refractivity contribution in [3.05, 3.63) is 82.3 Å². The second-order valence-corrected chi connectivity index (χ2v) is 11.0. The van der Waals surface area contributed by atoms with Gasteiger partial charge in [-0.1, -0.05) is 38.1 Å². The lowest BCUT2D eigenvalue weighted by Crippen LogP contribution is -2.50. The molecule has 1 aliphatic carbocycles. The maximum atomic E-state index is 14.9. The standard InChI is InChI=1S/C29H32FN5O2/c1-17(2)35-16-20(15-31-35)22-10-9-19(11-25(22)30)27(36)32-21-13-29(4,14-21)12-18(3)26-23-7-5-6-8-24(23)28(37)34-33-26/h5-11,15-18,21H,12-14H2,1-4H3,(H,32,36)(H,34,37)/t18-,21-,29-/m0/s1. The van der Waals surface area contributed by atoms with Crippen LogP contribution in [0.1, 0.15) is 75.0 Å². The van der Waals surface area contributed by atoms with Gasteiger partial charge in [0.25, 0.3) is 11.5 Å². The van der Waals surface area contributed by atoms with E-state index in [2.05, 4.69) is 34.5 Å². The van der Waals surface area contributed by atoms with Crippen LogP contribution in [-0.2, 0) is 0 Å². The van der Waals surface area contributed by atoms with E-state index in [0.29, 0.717) is 22.1 Å². The number of rotatable bonds is 7. The van der Waals surface area contributed by atoms with E-state index in [1.807, 2.05) is 44.3 Å². The van der Waals surface area contributed by atoms with E-state index in [0.717, 1.165) is 30.3 Å². The van der Waals surface area contributed by atoms with E-state index in [4.69, 9.17) is 0 Å². The molecule has 0 radical (unpaired) electrons. The van der Waals surface area contributed by atoms with Gasteiger partial charge in [-0.15, -0.1) is 0 Å². The molecular weight excluding hydrogens is 469 g/mol. The summed E-state index contributed by atoms with van der Waals surface area (Å²) in [6, 6.07) is 12.4. The molecule has 1 atom stereocenters. The highest BCUT2D eigenvalue weighted by atomic mass is 19.1. The first-order valence-corrected chi connectivity index (χ1v) is 12.8. The van der Waals surface area contributed by atoms with Crippen molar-refractivity contribution in [3.63, 3.8) is 0 Å². The Bertz CT molecular complexity index is 1520. The maximum Gasteiger partial charge on any atom is 0.272 e. The summed E-state index contributed by atoms with van der Waals surface area (Å²) in [5.74, 6) is -0.564. The second-order valence-electron chi connectivity index (χ2n) is 11.0. The predicted octanol–water partition coefficient (Wildman–Crippen LogP) is 5.60. The normalized spacial score (nSPS) is 20.1. The van der Waals surface area contributed by atoms with Crippen LogP contribution in [0.2, 0.25) is 0 Å². The molecule has 2 heterocycles. The van der Waals surface area contributed by atoms with E-state index in [9.17, 15) is 14.0 Å². The van der Waals surface area contributed by atoms with Crippen molar-refractivity contribution < 1.29 is 9.18 Å². The SMILES string of the molecule is CC(C)n1cc(-c2ccc(C(=O)N[C@H]3C[C@](C)(C[C@H](C)c4n[nH]c(=O)c5ccccc45)C3)cc2F)cn1. The molecule has 7 nitrogen and oxygen atoms in total. The van der Waals surface area contributed by atoms with Gasteiger partial charge in [0, 0.05) is 46.3 Å². The molecule has 2 N–H and O–H groups in total. The molecule has 8 heteroatoms. The third-order valence-corrected chi connectivity index (χ3v) is 7.48. The molecule has 0 aliphatic heterocycles. The van der Waals surface area contributed by atoms with Gasteiger partial charge < -0.3 is 5.32 Å². The minimum Gasteiger partial charge on any atom is -0.349 e. The highest BCUT2D eigenvalue weighted by Gasteiger charge is 2.42. The Balaban J connectivity index is 1.21. The number of hydrogen-bond acceptors (Lipinski definition) is 4. The largest absolute Gasteiger partial charge is 0.349 e. The Morgan fingerprint density at radius 2 is 1.92 bits per heavy atom. The monoisotopic (exact) mass is 501 g/mol. The molecule has 192 valence electrons. The molecule has 0 bridgehead atoms. The molecule has 0 saturated heterocycles. The summed E-state index contributed by atoms with van der Waals surface area (Å²) in [5.41, 5.74) is 2.17. The molecule has 1 saturated carbocycles. The van der Waals surface area contributed by atoms with Crippen molar-refractivity contribution in [2.45, 2.75) is 65.0 Å². The average Bonchev–Trinajstić information content (AvgIpc) is 3.33. The van der Waals surface area contributed by atoms with Crippen LogP contribution in [0.25, 0.3) is 21.9 Å².